The highest BCUT2D eigenvalue weighted by molar-refractivity contribution is 6.48. The molecule has 21 heavy (non-hydrogen) atoms. The van der Waals surface area contributed by atoms with Crippen LogP contribution in [0.5, 0.6) is 0 Å². The molecule has 0 amide bonds. The van der Waals surface area contributed by atoms with Crippen molar-refractivity contribution in [1.29, 1.82) is 0 Å². The first-order valence-corrected chi connectivity index (χ1v) is 10.7. The Kier molecular flexibility index (Phi) is 12.9. The summed E-state index contributed by atoms with van der Waals surface area (Å²) >= 11 is 17.5. The van der Waals surface area contributed by atoms with E-state index in [9.17, 15) is 0 Å². The van der Waals surface area contributed by atoms with Crippen LogP contribution in [0, 0.1) is 5.41 Å². The molecule has 3 N–H and O–H groups in total. The third-order valence-electron chi connectivity index (χ3n) is 3.67. The number of hydrogen-bond donors (Lipinski definition) is 3. The number of halogens is 3. The molecule has 8 heteroatoms. The van der Waals surface area contributed by atoms with E-state index in [0.717, 1.165) is 44.9 Å². The Labute approximate surface area is 143 Å². The minimum Gasteiger partial charge on any atom is -0.368 e. The zero-order valence-corrected chi connectivity index (χ0v) is 15.6. The largest absolute Gasteiger partial charge is 0.671 e. The smallest absolute Gasteiger partial charge is 0.368 e. The van der Waals surface area contributed by atoms with Crippen LogP contribution in [0.1, 0.15) is 51.4 Å². The fraction of sp³-hybridized carbons (Fsp3) is 1.00. The van der Waals surface area contributed by atoms with Crippen LogP contribution in [0.4, 0.5) is 0 Å². The Morgan fingerprint density at radius 2 is 1.10 bits per heavy atom. The van der Waals surface area contributed by atoms with Gasteiger partial charge in [0, 0.05) is 24.2 Å². The zero-order chi connectivity index (χ0) is 16.2. The van der Waals surface area contributed by atoms with Crippen LogP contribution in [-0.2, 0) is 4.43 Å². The minimum atomic E-state index is -4.39. The van der Waals surface area contributed by atoms with Gasteiger partial charge in [-0.05, 0) is 56.8 Å². The lowest BCUT2D eigenvalue weighted by atomic mass is 9.72. The van der Waals surface area contributed by atoms with Gasteiger partial charge in [-0.1, -0.05) is 0 Å². The molecule has 0 rings (SSSR count). The van der Waals surface area contributed by atoms with E-state index >= 15 is 0 Å². The van der Waals surface area contributed by atoms with Gasteiger partial charge in [-0.15, -0.1) is 34.8 Å². The highest BCUT2D eigenvalue weighted by Crippen LogP contribution is 2.40. The van der Waals surface area contributed by atoms with Crippen molar-refractivity contribution in [2.75, 3.05) is 24.2 Å². The van der Waals surface area contributed by atoms with E-state index in [-0.39, 0.29) is 12.0 Å². The molecule has 0 aromatic carbocycles. The van der Waals surface area contributed by atoms with E-state index in [1.165, 1.54) is 0 Å². The first-order chi connectivity index (χ1) is 9.89. The molecule has 0 aromatic rings. The van der Waals surface area contributed by atoms with Crippen LogP contribution in [0.2, 0.25) is 0 Å². The highest BCUT2D eigenvalue weighted by atomic mass is 35.5. The van der Waals surface area contributed by atoms with Crippen LogP contribution in [0.15, 0.2) is 0 Å². The second-order valence-electron chi connectivity index (χ2n) is 5.40. The lowest BCUT2D eigenvalue weighted by molar-refractivity contribution is 0.0559. The van der Waals surface area contributed by atoms with Gasteiger partial charge in [-0.3, -0.25) is 0 Å². The minimum absolute atomic E-state index is 0.118. The molecule has 0 aliphatic carbocycles. The van der Waals surface area contributed by atoms with Crippen molar-refractivity contribution in [3.05, 3.63) is 0 Å². The van der Waals surface area contributed by atoms with Crippen LogP contribution in [0.25, 0.3) is 0 Å². The average Bonchev–Trinajstić information content (AvgIpc) is 2.43. The number of alkyl halides is 3. The van der Waals surface area contributed by atoms with Gasteiger partial charge in [-0.25, -0.2) is 0 Å². The van der Waals surface area contributed by atoms with E-state index < -0.39 is 9.05 Å². The maximum atomic E-state index is 8.85. The molecule has 0 fully saturated rings. The third-order valence-corrected chi connectivity index (χ3v) is 5.06. The van der Waals surface area contributed by atoms with Crippen molar-refractivity contribution >= 4 is 43.9 Å². The molecule has 0 spiro atoms. The predicted molar refractivity (Wildman–Crippen MR) is 89.9 cm³/mol. The van der Waals surface area contributed by atoms with Gasteiger partial charge in [0.2, 0.25) is 0 Å². The summed E-state index contributed by atoms with van der Waals surface area (Å²) < 4.78 is 4.67. The molecule has 0 bridgehead atoms. The van der Waals surface area contributed by atoms with Crippen LogP contribution >= 0.6 is 34.8 Å². The third kappa shape index (κ3) is 12.1. The standard InChI is InChI=1S/C13H27Cl3O4Si/c14-9-1-5-13(6-2-10-15,7-3-11-16)8-4-12-20-21(17,18)19/h17-19H,1-12H2. The Morgan fingerprint density at radius 3 is 1.43 bits per heavy atom. The van der Waals surface area contributed by atoms with E-state index in [1.807, 2.05) is 0 Å². The van der Waals surface area contributed by atoms with Gasteiger partial charge in [0.15, 0.2) is 0 Å². The normalized spacial score (nSPS) is 12.9. The van der Waals surface area contributed by atoms with Gasteiger partial charge in [-0.2, -0.15) is 0 Å². The fourth-order valence-electron chi connectivity index (χ4n) is 2.73. The molecule has 0 aliphatic rings. The lowest BCUT2D eigenvalue weighted by Crippen LogP contribution is -2.39. The molecular weight excluding hydrogens is 355 g/mol. The molecule has 0 heterocycles. The molecule has 0 aliphatic heterocycles. The van der Waals surface area contributed by atoms with E-state index in [2.05, 4.69) is 4.43 Å². The van der Waals surface area contributed by atoms with E-state index in [1.54, 1.807) is 0 Å². The van der Waals surface area contributed by atoms with Crippen LogP contribution in [-0.4, -0.2) is 47.7 Å². The van der Waals surface area contributed by atoms with Gasteiger partial charge in [0.1, 0.15) is 0 Å². The second-order valence-corrected chi connectivity index (χ2v) is 7.97. The van der Waals surface area contributed by atoms with Gasteiger partial charge >= 0.3 is 9.05 Å². The average molecular weight is 382 g/mol. The Balaban J connectivity index is 4.48. The maximum absolute atomic E-state index is 8.85. The molecule has 128 valence electrons. The Hall–Kier alpha value is 0.927. The maximum Gasteiger partial charge on any atom is 0.671 e. The topological polar surface area (TPSA) is 69.9 Å². The zero-order valence-electron chi connectivity index (χ0n) is 12.4. The van der Waals surface area contributed by atoms with E-state index in [4.69, 9.17) is 49.2 Å². The fourth-order valence-corrected chi connectivity index (χ4v) is 3.55. The molecule has 0 unspecified atom stereocenters. The predicted octanol–water partition coefficient (Wildman–Crippen LogP) is 3.24. The molecule has 0 atom stereocenters. The van der Waals surface area contributed by atoms with Gasteiger partial charge in [0.25, 0.3) is 0 Å². The summed E-state index contributed by atoms with van der Waals surface area (Å²) in [6.07, 6.45) is 7.35. The molecule has 0 saturated heterocycles. The quantitative estimate of drug-likeness (QED) is 0.245. The van der Waals surface area contributed by atoms with Crippen molar-refractivity contribution < 1.29 is 18.8 Å². The van der Waals surface area contributed by atoms with Crippen molar-refractivity contribution in [2.45, 2.75) is 51.4 Å². The highest BCUT2D eigenvalue weighted by Gasteiger charge is 2.32. The Morgan fingerprint density at radius 1 is 0.714 bits per heavy atom. The first kappa shape index (κ1) is 21.9. The molecule has 0 aromatic heterocycles. The summed E-state index contributed by atoms with van der Waals surface area (Å²) in [5, 5.41) is 0. The monoisotopic (exact) mass is 380 g/mol. The summed E-state index contributed by atoms with van der Waals surface area (Å²) in [5.41, 5.74) is 0.118. The summed E-state index contributed by atoms with van der Waals surface area (Å²) in [6, 6.07) is 0. The summed E-state index contributed by atoms with van der Waals surface area (Å²) in [6.45, 7) is 0.139. The SMILES string of the molecule is O[Si](O)(O)OCCCC(CCCCl)(CCCCl)CCCCl. The van der Waals surface area contributed by atoms with Crippen molar-refractivity contribution in [3.8, 4) is 0 Å². The van der Waals surface area contributed by atoms with Crippen molar-refractivity contribution in [1.82, 2.24) is 0 Å². The Bertz CT molecular complexity index is 230. The number of rotatable bonds is 14. The molecular formula is C13H27Cl3O4Si. The molecule has 4 nitrogen and oxygen atoms in total. The van der Waals surface area contributed by atoms with Crippen molar-refractivity contribution in [3.63, 3.8) is 0 Å². The second kappa shape index (κ2) is 12.4. The molecule has 0 radical (unpaired) electrons. The van der Waals surface area contributed by atoms with Gasteiger partial charge in [0.05, 0.1) is 0 Å². The van der Waals surface area contributed by atoms with Crippen LogP contribution in [0.3, 0.4) is 0 Å². The van der Waals surface area contributed by atoms with Crippen LogP contribution < -0.4 is 0 Å². The van der Waals surface area contributed by atoms with Gasteiger partial charge < -0.3 is 18.8 Å². The number of hydrogen-bond acceptors (Lipinski definition) is 4. The summed E-state index contributed by atoms with van der Waals surface area (Å²) in [4.78, 5) is 26.5. The van der Waals surface area contributed by atoms with E-state index in [0.29, 0.717) is 24.1 Å². The lowest BCUT2D eigenvalue weighted by Gasteiger charge is -2.34. The first-order valence-electron chi connectivity index (χ1n) is 7.38. The molecule has 0 saturated carbocycles. The summed E-state index contributed by atoms with van der Waals surface area (Å²) in [7, 11) is -4.39. The van der Waals surface area contributed by atoms with Crippen molar-refractivity contribution in [2.24, 2.45) is 5.41 Å². The summed E-state index contributed by atoms with van der Waals surface area (Å²) in [5.74, 6) is 1.87.